The molecule has 0 spiro atoms. The van der Waals surface area contributed by atoms with Crippen LogP contribution in [0, 0.1) is 0 Å². The first-order chi connectivity index (χ1) is 30.5. The molecule has 0 fully saturated rings. The number of esters is 1. The van der Waals surface area contributed by atoms with E-state index in [-0.39, 0.29) is 24.9 Å². The highest BCUT2D eigenvalue weighted by molar-refractivity contribution is 5.77. The summed E-state index contributed by atoms with van der Waals surface area (Å²) in [6, 6.07) is -0.708. The number of ether oxygens (including phenoxy) is 1. The Bertz CT molecular complexity index is 1070. The highest BCUT2D eigenvalue weighted by Crippen LogP contribution is 2.18. The predicted molar refractivity (Wildman–Crippen MR) is 269 cm³/mol. The lowest BCUT2D eigenvalue weighted by molar-refractivity contribution is -0.151. The van der Waals surface area contributed by atoms with Crippen LogP contribution < -0.4 is 5.32 Å². The molecule has 6 heteroatoms. The van der Waals surface area contributed by atoms with Crippen molar-refractivity contribution in [3.63, 3.8) is 0 Å². The van der Waals surface area contributed by atoms with Gasteiger partial charge in [0.1, 0.15) is 6.10 Å². The van der Waals surface area contributed by atoms with Crippen LogP contribution in [0.25, 0.3) is 0 Å². The van der Waals surface area contributed by atoms with Crippen LogP contribution in [0.4, 0.5) is 0 Å². The molecule has 0 aromatic carbocycles. The van der Waals surface area contributed by atoms with E-state index in [4.69, 9.17) is 4.74 Å². The molecule has 3 unspecified atom stereocenters. The Balaban J connectivity index is 4.56. The van der Waals surface area contributed by atoms with E-state index in [9.17, 15) is 19.8 Å². The van der Waals surface area contributed by atoms with E-state index in [0.717, 1.165) is 83.5 Å². The number of carbonyl (C=O) groups is 2. The van der Waals surface area contributed by atoms with Crippen molar-refractivity contribution in [3.05, 3.63) is 48.6 Å². The predicted octanol–water partition coefficient (Wildman–Crippen LogP) is 16.2. The second-order valence-electron chi connectivity index (χ2n) is 18.3. The largest absolute Gasteiger partial charge is 0.462 e. The number of allylic oxidation sites excluding steroid dienone is 8. The van der Waals surface area contributed by atoms with E-state index in [0.29, 0.717) is 19.3 Å². The molecule has 362 valence electrons. The summed E-state index contributed by atoms with van der Waals surface area (Å²) < 4.78 is 5.93. The molecule has 0 aliphatic carbocycles. The zero-order valence-corrected chi connectivity index (χ0v) is 41.3. The molecular weight excluding hydrogens is 767 g/mol. The quantitative estimate of drug-likeness (QED) is 0.0245. The molecule has 0 aliphatic rings. The fourth-order valence-corrected chi connectivity index (χ4v) is 8.13. The fraction of sp³-hybridized carbons (Fsp3) is 0.821. The number of hydrogen-bond acceptors (Lipinski definition) is 5. The Morgan fingerprint density at radius 2 is 0.887 bits per heavy atom. The zero-order chi connectivity index (χ0) is 45.2. The van der Waals surface area contributed by atoms with Gasteiger partial charge in [-0.2, -0.15) is 0 Å². The third-order valence-electron chi connectivity index (χ3n) is 12.2. The van der Waals surface area contributed by atoms with Crippen molar-refractivity contribution in [2.75, 3.05) is 6.61 Å². The molecule has 3 atom stereocenters. The maximum Gasteiger partial charge on any atom is 0.306 e. The molecule has 0 saturated carbocycles. The second-order valence-corrected chi connectivity index (χ2v) is 18.3. The number of aliphatic hydroxyl groups excluding tert-OH is 2. The number of carbonyl (C=O) groups excluding carboxylic acids is 2. The van der Waals surface area contributed by atoms with Crippen LogP contribution in [0.1, 0.15) is 271 Å². The molecule has 1 amide bonds. The first-order valence-corrected chi connectivity index (χ1v) is 26.9. The smallest absolute Gasteiger partial charge is 0.306 e. The lowest BCUT2D eigenvalue weighted by Crippen LogP contribution is -2.46. The molecule has 0 aromatic rings. The van der Waals surface area contributed by atoms with Gasteiger partial charge >= 0.3 is 5.97 Å². The molecule has 0 aromatic heterocycles. The maximum atomic E-state index is 13.2. The average Bonchev–Trinajstić information content (AvgIpc) is 3.26. The SMILES string of the molecule is CC/C=C/C=C/C=C/CCCCCCCC(CC(=O)NC(CO)C(O)CCCCCCCCCCCCCCC)OC(=O)CCCCCCCCC/C=C/CCCCCCCC. The van der Waals surface area contributed by atoms with Gasteiger partial charge in [0, 0.05) is 6.42 Å². The average molecular weight is 870 g/mol. The van der Waals surface area contributed by atoms with E-state index in [1.54, 1.807) is 0 Å². The van der Waals surface area contributed by atoms with E-state index < -0.39 is 18.2 Å². The third kappa shape index (κ3) is 44.4. The summed E-state index contributed by atoms with van der Waals surface area (Å²) in [5.41, 5.74) is 0. The Morgan fingerprint density at radius 1 is 0.484 bits per heavy atom. The van der Waals surface area contributed by atoms with E-state index in [2.05, 4.69) is 74.7 Å². The fourth-order valence-electron chi connectivity index (χ4n) is 8.13. The molecule has 0 bridgehead atoms. The second kappa shape index (κ2) is 49.8. The topological polar surface area (TPSA) is 95.9 Å². The Morgan fingerprint density at radius 3 is 1.35 bits per heavy atom. The monoisotopic (exact) mass is 870 g/mol. The van der Waals surface area contributed by atoms with Crippen LogP contribution in [0.3, 0.4) is 0 Å². The molecule has 0 rings (SSSR count). The minimum atomic E-state index is -0.794. The molecule has 0 radical (unpaired) electrons. The van der Waals surface area contributed by atoms with Gasteiger partial charge in [0.15, 0.2) is 0 Å². The number of nitrogens with one attached hydrogen (secondary N) is 1. The first kappa shape index (κ1) is 59.8. The summed E-state index contributed by atoms with van der Waals surface area (Å²) in [5.74, 6) is -0.492. The van der Waals surface area contributed by atoms with Crippen molar-refractivity contribution in [1.82, 2.24) is 5.32 Å². The third-order valence-corrected chi connectivity index (χ3v) is 12.2. The van der Waals surface area contributed by atoms with Crippen LogP contribution in [0.2, 0.25) is 0 Å². The Labute approximate surface area is 385 Å². The van der Waals surface area contributed by atoms with Crippen molar-refractivity contribution in [1.29, 1.82) is 0 Å². The van der Waals surface area contributed by atoms with Gasteiger partial charge in [-0.1, -0.05) is 236 Å². The van der Waals surface area contributed by atoms with Crippen LogP contribution >= 0.6 is 0 Å². The highest BCUT2D eigenvalue weighted by atomic mass is 16.5. The number of aliphatic hydroxyl groups is 2. The van der Waals surface area contributed by atoms with Gasteiger partial charge in [0.25, 0.3) is 0 Å². The maximum absolute atomic E-state index is 13.2. The van der Waals surface area contributed by atoms with E-state index in [1.165, 1.54) is 141 Å². The van der Waals surface area contributed by atoms with E-state index in [1.807, 2.05) is 0 Å². The summed E-state index contributed by atoms with van der Waals surface area (Å²) in [5, 5.41) is 23.8. The van der Waals surface area contributed by atoms with Gasteiger partial charge in [0.05, 0.1) is 25.2 Å². The zero-order valence-electron chi connectivity index (χ0n) is 41.3. The molecule has 6 nitrogen and oxygen atoms in total. The molecule has 0 aliphatic heterocycles. The lowest BCUT2D eigenvalue weighted by Gasteiger charge is -2.24. The van der Waals surface area contributed by atoms with Gasteiger partial charge in [-0.25, -0.2) is 0 Å². The van der Waals surface area contributed by atoms with Crippen molar-refractivity contribution in [2.24, 2.45) is 0 Å². The first-order valence-electron chi connectivity index (χ1n) is 26.9. The summed E-state index contributed by atoms with van der Waals surface area (Å²) in [4.78, 5) is 26.2. The molecule has 0 heterocycles. The molecular formula is C56H103NO5. The molecule has 62 heavy (non-hydrogen) atoms. The van der Waals surface area contributed by atoms with Gasteiger partial charge < -0.3 is 20.3 Å². The Kier molecular flexibility index (Phi) is 48.1. The van der Waals surface area contributed by atoms with Crippen molar-refractivity contribution < 1.29 is 24.5 Å². The van der Waals surface area contributed by atoms with Crippen molar-refractivity contribution in [3.8, 4) is 0 Å². The minimum absolute atomic E-state index is 0.0632. The lowest BCUT2D eigenvalue weighted by atomic mass is 10.0. The number of hydrogen-bond donors (Lipinski definition) is 3. The number of unbranched alkanes of at least 4 members (excludes halogenated alkanes) is 30. The van der Waals surface area contributed by atoms with Crippen LogP contribution in [0.15, 0.2) is 48.6 Å². The number of rotatable bonds is 48. The van der Waals surface area contributed by atoms with Gasteiger partial charge in [-0.15, -0.1) is 0 Å². The van der Waals surface area contributed by atoms with Crippen molar-refractivity contribution in [2.45, 2.75) is 289 Å². The van der Waals surface area contributed by atoms with Crippen molar-refractivity contribution >= 4 is 11.9 Å². The minimum Gasteiger partial charge on any atom is -0.462 e. The van der Waals surface area contributed by atoms with Gasteiger partial charge in [-0.3, -0.25) is 9.59 Å². The summed E-state index contributed by atoms with van der Waals surface area (Å²) in [6.45, 7) is 6.36. The summed E-state index contributed by atoms with van der Waals surface area (Å²) in [6.07, 6.45) is 60.3. The Hall–Kier alpha value is -2.18. The number of amides is 1. The van der Waals surface area contributed by atoms with Crippen LogP contribution in [0.5, 0.6) is 0 Å². The summed E-state index contributed by atoms with van der Waals surface area (Å²) in [7, 11) is 0. The van der Waals surface area contributed by atoms with Crippen LogP contribution in [-0.4, -0.2) is 46.9 Å². The standard InChI is InChI=1S/C56H103NO5/c1-4-7-10-13-16-19-22-25-26-27-28-31-34-37-40-43-46-49-56(61)62-52(47-44-41-38-35-32-29-23-20-17-14-11-8-5-2)50-55(60)57-53(51-58)54(59)48-45-42-39-36-33-30-24-21-18-15-12-9-6-3/h8,11,14,17,20,23,25-26,52-54,58-59H,4-7,9-10,12-13,15-16,18-19,21-22,24,27-51H2,1-3H3,(H,57,60)/b11-8+,17-14+,23-20+,26-25+. The van der Waals surface area contributed by atoms with E-state index >= 15 is 0 Å². The van der Waals surface area contributed by atoms with Crippen LogP contribution in [-0.2, 0) is 14.3 Å². The van der Waals surface area contributed by atoms with Gasteiger partial charge in [0.2, 0.25) is 5.91 Å². The summed E-state index contributed by atoms with van der Waals surface area (Å²) >= 11 is 0. The molecule has 0 saturated heterocycles. The highest BCUT2D eigenvalue weighted by Gasteiger charge is 2.24. The molecule has 3 N–H and O–H groups in total. The normalized spacial score (nSPS) is 13.6. The van der Waals surface area contributed by atoms with Gasteiger partial charge in [-0.05, 0) is 70.6 Å².